The molecule has 1 aliphatic rings. The number of halogens is 1. The smallest absolute Gasteiger partial charge is 0.247 e. The highest BCUT2D eigenvalue weighted by Gasteiger charge is 2.20. The minimum atomic E-state index is -0.584. The molecule has 7 heteroatoms. The number of carbonyl (C=O) groups is 2. The fraction of sp³-hybridized carbons (Fsp3) is 0.316. The molecule has 26 heavy (non-hydrogen) atoms. The lowest BCUT2D eigenvalue weighted by Crippen LogP contribution is -2.15. The van der Waals surface area contributed by atoms with Gasteiger partial charge in [-0.15, -0.1) is 11.3 Å². The lowest BCUT2D eigenvalue weighted by molar-refractivity contribution is -0.115. The maximum absolute atomic E-state index is 13.7. The summed E-state index contributed by atoms with van der Waals surface area (Å²) in [7, 11) is 0. The Kier molecular flexibility index (Phi) is 5.78. The summed E-state index contributed by atoms with van der Waals surface area (Å²) < 4.78 is 13.7. The zero-order chi connectivity index (χ0) is 18.5. The summed E-state index contributed by atoms with van der Waals surface area (Å²) in [6.45, 7) is 3.32. The molecular weight excluding hydrogens is 353 g/mol. The maximum atomic E-state index is 13.7. The van der Waals surface area contributed by atoms with Gasteiger partial charge in [-0.3, -0.25) is 9.59 Å². The predicted octanol–water partition coefficient (Wildman–Crippen LogP) is 4.25. The van der Waals surface area contributed by atoms with Crippen LogP contribution in [0.3, 0.4) is 0 Å². The van der Waals surface area contributed by atoms with Crippen LogP contribution >= 0.6 is 11.3 Å². The van der Waals surface area contributed by atoms with Crippen molar-refractivity contribution in [2.24, 2.45) is 0 Å². The molecular formula is C19H20FN3O2S. The number of nitrogens with zero attached hydrogens (tertiary/aromatic N) is 1. The van der Waals surface area contributed by atoms with Gasteiger partial charge in [0.1, 0.15) is 10.8 Å². The van der Waals surface area contributed by atoms with Gasteiger partial charge < -0.3 is 10.6 Å². The molecule has 2 amide bonds. The molecule has 0 bridgehead atoms. The van der Waals surface area contributed by atoms with Crippen LogP contribution in [-0.4, -0.2) is 16.8 Å². The quantitative estimate of drug-likeness (QED) is 0.744. The van der Waals surface area contributed by atoms with E-state index in [0.717, 1.165) is 16.8 Å². The van der Waals surface area contributed by atoms with Crippen LogP contribution in [0.5, 0.6) is 0 Å². The molecule has 1 aromatic heterocycles. The molecule has 2 aromatic rings. The number of hydrogen-bond donors (Lipinski definition) is 2. The van der Waals surface area contributed by atoms with Crippen LogP contribution in [-0.2, 0) is 16.0 Å². The van der Waals surface area contributed by atoms with Gasteiger partial charge in [-0.05, 0) is 37.1 Å². The van der Waals surface area contributed by atoms with Crippen LogP contribution in [0.4, 0.5) is 15.8 Å². The summed E-state index contributed by atoms with van der Waals surface area (Å²) >= 11 is 1.49. The SMILES string of the molecule is C=CC(=O)Nc1cc(NC(=O)Cc2nc(C3CCCC3)cs2)ccc1F. The highest BCUT2D eigenvalue weighted by atomic mass is 32.1. The average Bonchev–Trinajstić information content (AvgIpc) is 3.29. The van der Waals surface area contributed by atoms with Gasteiger partial charge in [0.2, 0.25) is 11.8 Å². The minimum Gasteiger partial charge on any atom is -0.326 e. The Balaban J connectivity index is 1.62. The molecule has 2 N–H and O–H groups in total. The molecule has 136 valence electrons. The number of amides is 2. The second-order valence-corrected chi connectivity index (χ2v) is 7.20. The second-order valence-electron chi connectivity index (χ2n) is 6.26. The van der Waals surface area contributed by atoms with E-state index in [2.05, 4.69) is 22.2 Å². The summed E-state index contributed by atoms with van der Waals surface area (Å²) in [5.74, 6) is -0.810. The first-order chi connectivity index (χ1) is 12.5. The van der Waals surface area contributed by atoms with Crippen LogP contribution < -0.4 is 10.6 Å². The van der Waals surface area contributed by atoms with Gasteiger partial charge in [-0.1, -0.05) is 19.4 Å². The molecule has 1 saturated carbocycles. The van der Waals surface area contributed by atoms with Crippen molar-refractivity contribution in [1.82, 2.24) is 4.98 Å². The Morgan fingerprint density at radius 3 is 2.81 bits per heavy atom. The largest absolute Gasteiger partial charge is 0.326 e. The first-order valence-corrected chi connectivity index (χ1v) is 9.40. The Morgan fingerprint density at radius 2 is 2.08 bits per heavy atom. The van der Waals surface area contributed by atoms with Crippen LogP contribution in [0.2, 0.25) is 0 Å². The number of thiazole rings is 1. The monoisotopic (exact) mass is 373 g/mol. The Hall–Kier alpha value is -2.54. The Labute approximate surface area is 155 Å². The number of nitrogens with one attached hydrogen (secondary N) is 2. The predicted molar refractivity (Wildman–Crippen MR) is 101 cm³/mol. The van der Waals surface area contributed by atoms with Gasteiger partial charge in [0.05, 0.1) is 17.8 Å². The highest BCUT2D eigenvalue weighted by molar-refractivity contribution is 7.09. The zero-order valence-corrected chi connectivity index (χ0v) is 15.1. The van der Waals surface area contributed by atoms with Crippen molar-refractivity contribution in [3.63, 3.8) is 0 Å². The number of anilines is 2. The average molecular weight is 373 g/mol. The normalized spacial score (nSPS) is 14.2. The molecule has 0 unspecified atom stereocenters. The van der Waals surface area contributed by atoms with Gasteiger partial charge in [0.15, 0.2) is 0 Å². The van der Waals surface area contributed by atoms with E-state index >= 15 is 0 Å². The fourth-order valence-corrected chi connectivity index (χ4v) is 3.91. The van der Waals surface area contributed by atoms with Crippen LogP contribution in [0.15, 0.2) is 36.2 Å². The lowest BCUT2D eigenvalue weighted by atomic mass is 10.1. The minimum absolute atomic E-state index is 0.00883. The molecule has 1 aliphatic carbocycles. The van der Waals surface area contributed by atoms with E-state index in [9.17, 15) is 14.0 Å². The first kappa shape index (κ1) is 18.3. The van der Waals surface area contributed by atoms with Crippen molar-refractivity contribution in [1.29, 1.82) is 0 Å². The molecule has 0 saturated heterocycles. The summed E-state index contributed by atoms with van der Waals surface area (Å²) in [6.07, 6.45) is 6.05. The van der Waals surface area contributed by atoms with E-state index in [1.165, 1.54) is 55.2 Å². The number of hydrogen-bond acceptors (Lipinski definition) is 4. The van der Waals surface area contributed by atoms with Crippen LogP contribution in [0.25, 0.3) is 0 Å². The van der Waals surface area contributed by atoms with Crippen molar-refractivity contribution < 1.29 is 14.0 Å². The van der Waals surface area contributed by atoms with E-state index in [0.29, 0.717) is 11.6 Å². The first-order valence-electron chi connectivity index (χ1n) is 8.52. The van der Waals surface area contributed by atoms with E-state index in [1.807, 2.05) is 5.38 Å². The molecule has 0 spiro atoms. The van der Waals surface area contributed by atoms with E-state index in [4.69, 9.17) is 0 Å². The summed E-state index contributed by atoms with van der Waals surface area (Å²) in [5, 5.41) is 7.89. The molecule has 0 radical (unpaired) electrons. The van der Waals surface area contributed by atoms with E-state index in [-0.39, 0.29) is 18.0 Å². The molecule has 0 aliphatic heterocycles. The summed E-state index contributed by atoms with van der Waals surface area (Å²) in [6, 6.07) is 4.01. The maximum Gasteiger partial charge on any atom is 0.247 e. The molecule has 3 rings (SSSR count). The van der Waals surface area contributed by atoms with Crippen molar-refractivity contribution in [3.8, 4) is 0 Å². The standard InChI is InChI=1S/C19H20FN3O2S/c1-2-17(24)22-15-9-13(7-8-14(15)20)21-18(25)10-19-23-16(11-26-19)12-5-3-4-6-12/h2,7-9,11-12H,1,3-6,10H2,(H,21,25)(H,22,24). The summed E-state index contributed by atoms with van der Waals surface area (Å²) in [5.41, 5.74) is 1.49. The van der Waals surface area contributed by atoms with Gasteiger partial charge in [0.25, 0.3) is 0 Å². The Morgan fingerprint density at radius 1 is 1.31 bits per heavy atom. The van der Waals surface area contributed by atoms with Crippen molar-refractivity contribution in [2.75, 3.05) is 10.6 Å². The highest BCUT2D eigenvalue weighted by Crippen LogP contribution is 2.34. The third-order valence-electron chi connectivity index (χ3n) is 4.35. The molecule has 0 atom stereocenters. The molecule has 1 heterocycles. The van der Waals surface area contributed by atoms with Gasteiger partial charge in [-0.2, -0.15) is 0 Å². The molecule has 5 nitrogen and oxygen atoms in total. The zero-order valence-electron chi connectivity index (χ0n) is 14.3. The lowest BCUT2D eigenvalue weighted by Gasteiger charge is -2.08. The van der Waals surface area contributed by atoms with E-state index in [1.54, 1.807) is 0 Å². The molecule has 1 fully saturated rings. The van der Waals surface area contributed by atoms with Crippen LogP contribution in [0, 0.1) is 5.82 Å². The van der Waals surface area contributed by atoms with Crippen molar-refractivity contribution in [3.05, 3.63) is 52.8 Å². The topological polar surface area (TPSA) is 71.1 Å². The van der Waals surface area contributed by atoms with Crippen molar-refractivity contribution >= 4 is 34.5 Å². The van der Waals surface area contributed by atoms with Crippen molar-refractivity contribution in [2.45, 2.75) is 38.0 Å². The third-order valence-corrected chi connectivity index (χ3v) is 5.22. The molecule has 1 aromatic carbocycles. The Bertz CT molecular complexity index is 828. The number of rotatable bonds is 6. The third kappa shape index (κ3) is 4.54. The van der Waals surface area contributed by atoms with Gasteiger partial charge in [0, 0.05) is 17.0 Å². The number of aromatic nitrogens is 1. The van der Waals surface area contributed by atoms with Gasteiger partial charge in [-0.25, -0.2) is 9.37 Å². The summed E-state index contributed by atoms with van der Waals surface area (Å²) in [4.78, 5) is 28.2. The fourth-order valence-electron chi connectivity index (χ4n) is 3.04. The second kappa shape index (κ2) is 8.23. The van der Waals surface area contributed by atoms with Crippen LogP contribution in [0.1, 0.15) is 42.3 Å². The van der Waals surface area contributed by atoms with Gasteiger partial charge >= 0.3 is 0 Å². The van der Waals surface area contributed by atoms with E-state index < -0.39 is 11.7 Å². The number of carbonyl (C=O) groups excluding carboxylic acids is 2. The number of benzene rings is 1.